The van der Waals surface area contributed by atoms with Crippen molar-refractivity contribution in [2.75, 3.05) is 67.1 Å². The highest BCUT2D eigenvalue weighted by atomic mass is 35.5. The van der Waals surface area contributed by atoms with Crippen molar-refractivity contribution in [1.29, 1.82) is 0 Å². The van der Waals surface area contributed by atoms with Crippen LogP contribution in [0.5, 0.6) is 0 Å². The highest BCUT2D eigenvalue weighted by Crippen LogP contribution is 2.33. The zero-order chi connectivity index (χ0) is 25.7. The van der Waals surface area contributed by atoms with Crippen LogP contribution in [-0.2, 0) is 0 Å². The summed E-state index contributed by atoms with van der Waals surface area (Å²) in [5.74, 6) is -2.61. The number of unbranched alkanes of at least 4 members (excludes halogenated alkanes) is 1. The predicted octanol–water partition coefficient (Wildman–Crippen LogP) is 6.32. The first-order valence-electron chi connectivity index (χ1n) is 12.4. The molecule has 0 radical (unpaired) electrons. The van der Waals surface area contributed by atoms with E-state index in [0.29, 0.717) is 22.3 Å². The summed E-state index contributed by atoms with van der Waals surface area (Å²) in [5.41, 5.74) is 2.32. The summed E-state index contributed by atoms with van der Waals surface area (Å²) in [6, 6.07) is 12.9. The number of hydrogen-bond donors (Lipinski definition) is 1. The molecule has 0 saturated carbocycles. The highest BCUT2D eigenvalue weighted by Gasteiger charge is 2.34. The molecule has 2 fully saturated rings. The maximum Gasteiger partial charge on any atom is 0.411 e. The number of hydrogen-bond acceptors (Lipinski definition) is 4. The quantitative estimate of drug-likeness (QED) is 0.397. The lowest BCUT2D eigenvalue weighted by Gasteiger charge is -2.36. The lowest BCUT2D eigenvalue weighted by Crippen LogP contribution is -2.46. The second-order valence-electron chi connectivity index (χ2n) is 9.41. The molecule has 196 valence electrons. The largest absolute Gasteiger partial charge is 0.465 e. The zero-order valence-corrected chi connectivity index (χ0v) is 21.7. The summed E-state index contributed by atoms with van der Waals surface area (Å²) in [6.07, 6.45) is 0.236. The first-order chi connectivity index (χ1) is 17.2. The van der Waals surface area contributed by atoms with Gasteiger partial charge in [-0.15, -0.1) is 0 Å². The molecule has 6 nitrogen and oxygen atoms in total. The third-order valence-electron chi connectivity index (χ3n) is 6.98. The minimum atomic E-state index is -2.61. The van der Waals surface area contributed by atoms with E-state index in [2.05, 4.69) is 9.80 Å². The van der Waals surface area contributed by atoms with Gasteiger partial charge in [-0.25, -0.2) is 13.6 Å². The summed E-state index contributed by atoms with van der Waals surface area (Å²) in [5, 5.41) is 10.9. The number of piperazine rings is 1. The maximum atomic E-state index is 13.5. The number of anilines is 3. The van der Waals surface area contributed by atoms with Crippen LogP contribution in [0.1, 0.15) is 25.7 Å². The molecule has 2 aromatic rings. The fraction of sp³-hybridized carbons (Fsp3) is 0.500. The lowest BCUT2D eigenvalue weighted by atomic mass is 10.1. The third kappa shape index (κ3) is 6.72. The van der Waals surface area contributed by atoms with Gasteiger partial charge in [0.2, 0.25) is 0 Å². The Morgan fingerprint density at radius 1 is 0.944 bits per heavy atom. The van der Waals surface area contributed by atoms with Gasteiger partial charge in [0.05, 0.1) is 15.7 Å². The second kappa shape index (κ2) is 11.8. The van der Waals surface area contributed by atoms with E-state index in [1.165, 1.54) is 4.90 Å². The molecule has 36 heavy (non-hydrogen) atoms. The Morgan fingerprint density at radius 2 is 1.64 bits per heavy atom. The lowest BCUT2D eigenvalue weighted by molar-refractivity contribution is -0.0220. The van der Waals surface area contributed by atoms with Gasteiger partial charge in [0.25, 0.3) is 5.92 Å². The molecule has 4 rings (SSSR count). The van der Waals surface area contributed by atoms with E-state index in [1.54, 1.807) is 24.3 Å². The summed E-state index contributed by atoms with van der Waals surface area (Å²) in [4.78, 5) is 19.8. The molecule has 2 heterocycles. The number of halogens is 4. The fourth-order valence-electron chi connectivity index (χ4n) is 4.84. The van der Waals surface area contributed by atoms with Crippen LogP contribution in [-0.4, -0.2) is 74.4 Å². The number of carbonyl (C=O) groups is 1. The Hall–Kier alpha value is -2.29. The van der Waals surface area contributed by atoms with E-state index in [4.69, 9.17) is 23.2 Å². The molecule has 10 heteroatoms. The molecule has 2 aromatic carbocycles. The van der Waals surface area contributed by atoms with Gasteiger partial charge in [0.15, 0.2) is 0 Å². The van der Waals surface area contributed by atoms with Crippen LogP contribution in [0, 0.1) is 0 Å². The van der Waals surface area contributed by atoms with Crippen LogP contribution < -0.4 is 14.7 Å². The van der Waals surface area contributed by atoms with Crippen LogP contribution in [0.25, 0.3) is 0 Å². The Bertz CT molecular complexity index is 1040. The standard InChI is InChI=1S/C26H32Cl2F2N4O2/c27-22-7-4-8-23(24(22)28)33-17-15-31(16-18-33)11-1-2-12-34(25(35)36)21-6-3-5-20(19-21)32-13-9-26(29,30)10-14-32/h3-8,19H,1-2,9-18H2,(H,35,36). The smallest absolute Gasteiger partial charge is 0.411 e. The van der Waals surface area contributed by atoms with Gasteiger partial charge in [0, 0.05) is 70.0 Å². The van der Waals surface area contributed by atoms with E-state index in [1.807, 2.05) is 23.1 Å². The van der Waals surface area contributed by atoms with Crippen molar-refractivity contribution in [3.8, 4) is 0 Å². The number of rotatable bonds is 8. The van der Waals surface area contributed by atoms with Crippen molar-refractivity contribution in [2.24, 2.45) is 0 Å². The number of alkyl halides is 2. The van der Waals surface area contributed by atoms with Crippen LogP contribution in [0.15, 0.2) is 42.5 Å². The van der Waals surface area contributed by atoms with Crippen LogP contribution in [0.3, 0.4) is 0 Å². The molecule has 0 atom stereocenters. The summed E-state index contributed by atoms with van der Waals surface area (Å²) in [7, 11) is 0. The number of nitrogens with zero attached hydrogens (tertiary/aromatic N) is 4. The monoisotopic (exact) mass is 540 g/mol. The van der Waals surface area contributed by atoms with Crippen molar-refractivity contribution >= 4 is 46.4 Å². The van der Waals surface area contributed by atoms with Gasteiger partial charge in [-0.2, -0.15) is 0 Å². The van der Waals surface area contributed by atoms with Crippen molar-refractivity contribution in [2.45, 2.75) is 31.6 Å². The number of amides is 1. The number of piperidine rings is 1. The van der Waals surface area contributed by atoms with E-state index in [-0.39, 0.29) is 25.9 Å². The molecule has 2 saturated heterocycles. The summed E-state index contributed by atoms with van der Waals surface area (Å²) >= 11 is 12.5. The molecule has 2 aliphatic heterocycles. The van der Waals surface area contributed by atoms with Gasteiger partial charge in [-0.05, 0) is 49.7 Å². The average Bonchev–Trinajstić information content (AvgIpc) is 2.86. The SMILES string of the molecule is O=C(O)N(CCCCN1CCN(c2cccc(Cl)c2Cl)CC1)c1cccc(N2CCC(F)(F)CC2)c1. The summed E-state index contributed by atoms with van der Waals surface area (Å²) < 4.78 is 27.0. The number of benzene rings is 2. The molecule has 1 amide bonds. The first-order valence-corrected chi connectivity index (χ1v) is 13.1. The Kier molecular flexibility index (Phi) is 8.80. The molecular formula is C26H32Cl2F2N4O2. The van der Waals surface area contributed by atoms with E-state index in [0.717, 1.165) is 56.9 Å². The van der Waals surface area contributed by atoms with E-state index >= 15 is 0 Å². The van der Waals surface area contributed by atoms with Gasteiger partial charge >= 0.3 is 6.09 Å². The molecular weight excluding hydrogens is 509 g/mol. The van der Waals surface area contributed by atoms with E-state index < -0.39 is 12.0 Å². The van der Waals surface area contributed by atoms with Crippen LogP contribution >= 0.6 is 23.2 Å². The average molecular weight is 541 g/mol. The molecule has 1 N–H and O–H groups in total. The highest BCUT2D eigenvalue weighted by molar-refractivity contribution is 6.43. The first kappa shape index (κ1) is 26.8. The van der Waals surface area contributed by atoms with Crippen LogP contribution in [0.2, 0.25) is 10.0 Å². The van der Waals surface area contributed by atoms with Gasteiger partial charge in [-0.3, -0.25) is 9.80 Å². The van der Waals surface area contributed by atoms with Crippen molar-refractivity contribution in [1.82, 2.24) is 4.90 Å². The van der Waals surface area contributed by atoms with Crippen molar-refractivity contribution < 1.29 is 18.7 Å². The Morgan fingerprint density at radius 3 is 2.33 bits per heavy atom. The van der Waals surface area contributed by atoms with Crippen molar-refractivity contribution in [3.05, 3.63) is 52.5 Å². The molecule has 0 unspecified atom stereocenters. The Balaban J connectivity index is 1.25. The van der Waals surface area contributed by atoms with Crippen LogP contribution in [0.4, 0.5) is 30.6 Å². The fourth-order valence-corrected chi connectivity index (χ4v) is 5.25. The Labute approximate surface area is 221 Å². The van der Waals surface area contributed by atoms with Gasteiger partial charge in [0.1, 0.15) is 0 Å². The zero-order valence-electron chi connectivity index (χ0n) is 20.2. The number of carboxylic acid groups (broad SMARTS) is 1. The normalized spacial score (nSPS) is 18.3. The van der Waals surface area contributed by atoms with Crippen molar-refractivity contribution in [3.63, 3.8) is 0 Å². The van der Waals surface area contributed by atoms with Gasteiger partial charge in [-0.1, -0.05) is 35.3 Å². The second-order valence-corrected chi connectivity index (χ2v) is 10.2. The molecule has 0 aromatic heterocycles. The minimum Gasteiger partial charge on any atom is -0.465 e. The molecule has 0 spiro atoms. The van der Waals surface area contributed by atoms with Gasteiger partial charge < -0.3 is 14.9 Å². The maximum absolute atomic E-state index is 13.5. The summed E-state index contributed by atoms with van der Waals surface area (Å²) in [6.45, 7) is 5.33. The topological polar surface area (TPSA) is 50.3 Å². The predicted molar refractivity (Wildman–Crippen MR) is 143 cm³/mol. The minimum absolute atomic E-state index is 0.180. The molecule has 0 aliphatic carbocycles. The molecule has 0 bridgehead atoms. The molecule has 2 aliphatic rings. The van der Waals surface area contributed by atoms with E-state index in [9.17, 15) is 18.7 Å². The third-order valence-corrected chi connectivity index (χ3v) is 7.79.